The first-order chi connectivity index (χ1) is 15.7. The Morgan fingerprint density at radius 3 is 1.59 bits per heavy atom. The van der Waals surface area contributed by atoms with Crippen LogP contribution in [0.1, 0.15) is 0 Å². The van der Waals surface area contributed by atoms with Gasteiger partial charge >= 0.3 is 11.4 Å². The van der Waals surface area contributed by atoms with Crippen molar-refractivity contribution in [1.29, 1.82) is 10.5 Å². The Hall–Kier alpha value is -5.44. The van der Waals surface area contributed by atoms with E-state index in [2.05, 4.69) is 19.7 Å². The topological polar surface area (TPSA) is 108 Å². The van der Waals surface area contributed by atoms with E-state index in [-0.39, 0.29) is 33.3 Å². The third-order valence-corrected chi connectivity index (χ3v) is 4.40. The molecular weight excluding hydrogens is 404 g/mol. The fourth-order valence-corrected chi connectivity index (χ4v) is 2.98. The van der Waals surface area contributed by atoms with Crippen molar-refractivity contribution in [2.75, 3.05) is 0 Å². The first-order valence-electron chi connectivity index (χ1n) is 9.12. The molecule has 2 aromatic carbocycles. The van der Waals surface area contributed by atoms with Gasteiger partial charge in [0, 0.05) is 11.1 Å². The smallest absolute Gasteiger partial charge is 0.436 e. The Labute approximate surface area is 181 Å². The minimum Gasteiger partial charge on any atom is -0.436 e. The van der Waals surface area contributed by atoms with Crippen molar-refractivity contribution in [2.24, 2.45) is 0 Å². The summed E-state index contributed by atoms with van der Waals surface area (Å²) in [6.07, 6.45) is 0. The number of aromatic nitrogens is 2. The fraction of sp³-hybridized carbons (Fsp3) is 0. The molecule has 0 unspecified atom stereocenters. The summed E-state index contributed by atoms with van der Waals surface area (Å²) in [6, 6.07) is 21.6. The molecular formula is C24H10N6O2. The molecule has 0 saturated heterocycles. The van der Waals surface area contributed by atoms with Crippen LogP contribution in [-0.4, -0.2) is 9.97 Å². The molecule has 0 radical (unpaired) electrons. The number of oxazole rings is 2. The zero-order chi connectivity index (χ0) is 22.5. The largest absolute Gasteiger partial charge is 0.582 e. The number of hydrogen-bond acceptors (Lipinski definition) is 6. The van der Waals surface area contributed by atoms with Gasteiger partial charge in [0.15, 0.2) is 11.0 Å². The molecule has 32 heavy (non-hydrogen) atoms. The van der Waals surface area contributed by atoms with E-state index < -0.39 is 0 Å². The van der Waals surface area contributed by atoms with E-state index in [1.54, 1.807) is 48.5 Å². The van der Waals surface area contributed by atoms with Gasteiger partial charge in [0.2, 0.25) is 11.0 Å². The summed E-state index contributed by atoms with van der Waals surface area (Å²) in [5.74, 6) is -0.337. The summed E-state index contributed by atoms with van der Waals surface area (Å²) in [5, 5.41) is 18.6. The Morgan fingerprint density at radius 1 is 0.719 bits per heavy atom. The zero-order valence-electron chi connectivity index (χ0n) is 16.3. The van der Waals surface area contributed by atoms with Gasteiger partial charge in [0.1, 0.15) is 36.7 Å². The molecule has 2 aromatic heterocycles. The molecule has 0 saturated carbocycles. The highest BCUT2D eigenvalue weighted by atomic mass is 16.4. The van der Waals surface area contributed by atoms with Crippen molar-refractivity contribution < 1.29 is 8.83 Å². The molecule has 8 heteroatoms. The average molecular weight is 414 g/mol. The highest BCUT2D eigenvalue weighted by molar-refractivity contribution is 5.71. The lowest BCUT2D eigenvalue weighted by atomic mass is 10.1. The van der Waals surface area contributed by atoms with Crippen LogP contribution >= 0.6 is 0 Å². The van der Waals surface area contributed by atoms with E-state index in [0.717, 1.165) is 0 Å². The number of benzene rings is 2. The highest BCUT2D eigenvalue weighted by Crippen LogP contribution is 2.22. The monoisotopic (exact) mass is 414 g/mol. The van der Waals surface area contributed by atoms with E-state index in [1.165, 1.54) is 0 Å². The summed E-state index contributed by atoms with van der Waals surface area (Å²) < 4.78 is 11.7. The first-order valence-corrected chi connectivity index (χ1v) is 9.12. The summed E-state index contributed by atoms with van der Waals surface area (Å²) in [4.78, 5) is 15.1. The zero-order valence-corrected chi connectivity index (χ0v) is 16.3. The molecule has 8 nitrogen and oxygen atoms in total. The van der Waals surface area contributed by atoms with E-state index in [1.807, 2.05) is 24.3 Å². The molecule has 4 rings (SSSR count). The van der Waals surface area contributed by atoms with Gasteiger partial charge in [-0.2, -0.15) is 10.5 Å². The molecule has 0 N–H and O–H groups in total. The molecule has 0 fully saturated rings. The summed E-state index contributed by atoms with van der Waals surface area (Å²) in [7, 11) is 0. The van der Waals surface area contributed by atoms with Crippen molar-refractivity contribution in [3.05, 3.63) is 105 Å². The Morgan fingerprint density at radius 2 is 1.16 bits per heavy atom. The van der Waals surface area contributed by atoms with Gasteiger partial charge in [0.05, 0.1) is 0 Å². The van der Waals surface area contributed by atoms with Crippen molar-refractivity contribution in [2.45, 2.75) is 0 Å². The lowest BCUT2D eigenvalue weighted by Crippen LogP contribution is -2.04. The molecule has 0 amide bonds. The van der Waals surface area contributed by atoms with Crippen LogP contribution in [0.2, 0.25) is 0 Å². The normalized spacial score (nSPS) is 10.9. The molecule has 0 atom stereocenters. The van der Waals surface area contributed by atoms with Crippen molar-refractivity contribution in [3.8, 4) is 34.7 Å². The number of hydrogen-bond donors (Lipinski definition) is 0. The van der Waals surface area contributed by atoms with Gasteiger partial charge in [-0.1, -0.05) is 60.7 Å². The van der Waals surface area contributed by atoms with Gasteiger partial charge in [-0.25, -0.2) is 9.97 Å². The van der Waals surface area contributed by atoms with Gasteiger partial charge in [0.25, 0.3) is 0 Å². The predicted molar refractivity (Wildman–Crippen MR) is 112 cm³/mol. The Kier molecular flexibility index (Phi) is 5.28. The van der Waals surface area contributed by atoms with E-state index in [9.17, 15) is 10.5 Å². The summed E-state index contributed by atoms with van der Waals surface area (Å²) in [5.41, 5.74) is 1.61. The van der Waals surface area contributed by atoms with Crippen LogP contribution in [0.15, 0.2) is 69.5 Å². The Balaban J connectivity index is 2.30. The van der Waals surface area contributed by atoms with Crippen LogP contribution in [0.5, 0.6) is 0 Å². The number of nitrogens with zero attached hydrogens (tertiary/aromatic N) is 6. The van der Waals surface area contributed by atoms with E-state index in [4.69, 9.17) is 22.0 Å². The molecule has 4 aromatic rings. The second-order valence-electron chi connectivity index (χ2n) is 6.27. The maximum atomic E-state index is 9.28. The molecule has 0 bridgehead atoms. The molecule has 148 valence electrons. The van der Waals surface area contributed by atoms with Gasteiger partial charge in [-0.3, -0.25) is 0 Å². The second-order valence-corrected chi connectivity index (χ2v) is 6.27. The molecule has 0 aliphatic carbocycles. The minimum atomic E-state index is -0.337. The number of nitriles is 2. The minimum absolute atomic E-state index is 0.126. The highest BCUT2D eigenvalue weighted by Gasteiger charge is 2.19. The number of rotatable bonds is 2. The van der Waals surface area contributed by atoms with Crippen LogP contribution in [0, 0.1) is 46.6 Å². The standard InChI is InChI=1S/C24H10N6O2/c1-27-22(28-2)24-30-19(16-11-7-4-8-12-16)21(32-24)20-18(15-9-5-3-6-10-15)29-23(31-20)17(13-25)14-26/h3-12H/b21-20+. The van der Waals surface area contributed by atoms with Crippen LogP contribution < -0.4 is 11.1 Å². The third kappa shape index (κ3) is 3.48. The van der Waals surface area contributed by atoms with Gasteiger partial charge < -0.3 is 8.83 Å². The SMILES string of the molecule is [C-]#[N+]C([N+]#[C-])=c1nc(-c2ccccc2)/c(=c2\oc(=C(C#N)C#N)nc2-c2ccccc2)o1. The van der Waals surface area contributed by atoms with E-state index in [0.29, 0.717) is 22.5 Å². The van der Waals surface area contributed by atoms with E-state index >= 15 is 0 Å². The Bertz CT molecular complexity index is 1540. The molecule has 0 spiro atoms. The summed E-state index contributed by atoms with van der Waals surface area (Å²) >= 11 is 0. The van der Waals surface area contributed by atoms with Crippen LogP contribution in [-0.2, 0) is 0 Å². The van der Waals surface area contributed by atoms with Crippen LogP contribution in [0.25, 0.3) is 43.6 Å². The molecule has 0 aliphatic rings. The predicted octanol–water partition coefficient (Wildman–Crippen LogP) is 3.39. The quantitative estimate of drug-likeness (QED) is 0.465. The average Bonchev–Trinajstić information content (AvgIpc) is 3.47. The lowest BCUT2D eigenvalue weighted by molar-refractivity contribution is 0.441. The van der Waals surface area contributed by atoms with Crippen LogP contribution in [0.4, 0.5) is 0 Å². The van der Waals surface area contributed by atoms with Gasteiger partial charge in [-0.05, 0) is 0 Å². The lowest BCUT2D eigenvalue weighted by Gasteiger charge is -1.95. The summed E-state index contributed by atoms with van der Waals surface area (Å²) in [6.45, 7) is 14.5. The first kappa shape index (κ1) is 19.9. The van der Waals surface area contributed by atoms with Crippen LogP contribution in [0.3, 0.4) is 0 Å². The van der Waals surface area contributed by atoms with Crippen molar-refractivity contribution in [3.63, 3.8) is 0 Å². The molecule has 2 heterocycles. The van der Waals surface area contributed by atoms with Crippen molar-refractivity contribution in [1.82, 2.24) is 9.97 Å². The third-order valence-electron chi connectivity index (χ3n) is 4.40. The van der Waals surface area contributed by atoms with Crippen molar-refractivity contribution >= 4 is 11.4 Å². The maximum Gasteiger partial charge on any atom is 0.582 e. The van der Waals surface area contributed by atoms with Gasteiger partial charge in [-0.15, -0.1) is 9.69 Å². The second kappa shape index (κ2) is 8.51. The fourth-order valence-electron chi connectivity index (χ4n) is 2.98. The molecule has 0 aliphatic heterocycles. The maximum absolute atomic E-state index is 9.28.